The number of benzene rings is 2. The Labute approximate surface area is 180 Å². The lowest BCUT2D eigenvalue weighted by atomic mass is 9.92. The summed E-state index contributed by atoms with van der Waals surface area (Å²) < 4.78 is 5.35. The number of nitrogens with zero attached hydrogens (tertiary/aromatic N) is 2. The number of methoxy groups -OCH3 is 1. The molecule has 3 aromatic rings. The first-order valence-corrected chi connectivity index (χ1v) is 9.31. The molecule has 1 unspecified atom stereocenters. The molecule has 1 heterocycles. The lowest BCUT2D eigenvalue weighted by Gasteiger charge is -2.15. The lowest BCUT2D eigenvalue weighted by molar-refractivity contribution is 0.103. The van der Waals surface area contributed by atoms with Crippen molar-refractivity contribution < 1.29 is 9.53 Å². The van der Waals surface area contributed by atoms with Crippen LogP contribution >= 0.6 is 34.8 Å². The van der Waals surface area contributed by atoms with Crippen LogP contribution in [0.15, 0.2) is 47.3 Å². The maximum Gasteiger partial charge on any atom is 0.264 e. The number of ketones is 1. The third-order valence-electron chi connectivity index (χ3n) is 4.16. The number of aromatic nitrogens is 2. The fraction of sp³-hybridized carbons (Fsp3) is 0.100. The molecule has 0 amide bonds. The van der Waals surface area contributed by atoms with E-state index in [-0.39, 0.29) is 21.2 Å². The van der Waals surface area contributed by atoms with Crippen molar-refractivity contribution in [3.8, 4) is 11.8 Å². The van der Waals surface area contributed by atoms with Crippen molar-refractivity contribution in [1.82, 2.24) is 10.2 Å². The van der Waals surface area contributed by atoms with E-state index in [0.29, 0.717) is 22.0 Å². The Balaban J connectivity index is 2.12. The highest BCUT2D eigenvalue weighted by Gasteiger charge is 2.24. The van der Waals surface area contributed by atoms with Gasteiger partial charge in [-0.15, -0.1) is 0 Å². The summed E-state index contributed by atoms with van der Waals surface area (Å²) in [6.45, 7) is 0. The number of halogens is 3. The molecule has 1 atom stereocenters. The van der Waals surface area contributed by atoms with Gasteiger partial charge in [0.1, 0.15) is 11.7 Å². The third-order valence-corrected chi connectivity index (χ3v) is 4.98. The van der Waals surface area contributed by atoms with Crippen LogP contribution in [0.4, 0.5) is 0 Å². The van der Waals surface area contributed by atoms with E-state index in [1.807, 2.05) is 0 Å². The SMILES string of the molecule is COc1ccc(C(=O)c2c(Cl)cc(Cl)cc2Cl)cc1C(C#N)c1ccc(=O)[nH]n1. The number of ether oxygens (including phenoxy) is 1. The van der Waals surface area contributed by atoms with E-state index in [1.54, 1.807) is 12.1 Å². The van der Waals surface area contributed by atoms with Crippen LogP contribution in [0, 0.1) is 11.3 Å². The van der Waals surface area contributed by atoms with Crippen LogP contribution < -0.4 is 10.3 Å². The second kappa shape index (κ2) is 8.66. The number of aromatic amines is 1. The number of carbonyl (C=O) groups is 1. The molecule has 0 aliphatic carbocycles. The number of nitriles is 1. The molecule has 1 aromatic heterocycles. The highest BCUT2D eigenvalue weighted by molar-refractivity contribution is 6.43. The fourth-order valence-electron chi connectivity index (χ4n) is 2.82. The van der Waals surface area contributed by atoms with Crippen molar-refractivity contribution in [1.29, 1.82) is 5.26 Å². The molecule has 6 nitrogen and oxygen atoms in total. The highest BCUT2D eigenvalue weighted by atomic mass is 35.5. The fourth-order valence-corrected chi connectivity index (χ4v) is 3.80. The third kappa shape index (κ3) is 4.28. The second-order valence-electron chi connectivity index (χ2n) is 5.94. The number of hydrogen-bond acceptors (Lipinski definition) is 5. The summed E-state index contributed by atoms with van der Waals surface area (Å²) in [5, 5.41) is 16.5. The molecule has 0 spiro atoms. The van der Waals surface area contributed by atoms with Crippen molar-refractivity contribution in [2.45, 2.75) is 5.92 Å². The van der Waals surface area contributed by atoms with Gasteiger partial charge in [0.25, 0.3) is 5.56 Å². The van der Waals surface area contributed by atoms with E-state index in [9.17, 15) is 14.9 Å². The highest BCUT2D eigenvalue weighted by Crippen LogP contribution is 2.34. The molecule has 0 aliphatic heterocycles. The van der Waals surface area contributed by atoms with Gasteiger partial charge in [-0.05, 0) is 36.4 Å². The molecule has 3 rings (SSSR count). The van der Waals surface area contributed by atoms with Crippen molar-refractivity contribution in [2.24, 2.45) is 0 Å². The van der Waals surface area contributed by atoms with E-state index in [4.69, 9.17) is 39.5 Å². The molecular weight excluding hydrogens is 437 g/mol. The summed E-state index contributed by atoms with van der Waals surface area (Å²) in [7, 11) is 1.45. The molecule has 2 aromatic carbocycles. The molecule has 0 radical (unpaired) electrons. The van der Waals surface area contributed by atoms with Crippen LogP contribution in [0.5, 0.6) is 5.75 Å². The van der Waals surface area contributed by atoms with Gasteiger partial charge in [-0.3, -0.25) is 9.59 Å². The minimum Gasteiger partial charge on any atom is -0.496 e. The Hall–Kier alpha value is -2.85. The van der Waals surface area contributed by atoms with Gasteiger partial charge in [-0.25, -0.2) is 5.10 Å². The van der Waals surface area contributed by atoms with Crippen LogP contribution in [0.3, 0.4) is 0 Å². The zero-order valence-corrected chi connectivity index (χ0v) is 17.1. The molecule has 0 aliphatic rings. The first-order chi connectivity index (χ1) is 13.8. The average molecular weight is 449 g/mol. The van der Waals surface area contributed by atoms with Gasteiger partial charge in [-0.2, -0.15) is 10.4 Å². The first kappa shape index (κ1) is 20.9. The number of hydrogen-bond donors (Lipinski definition) is 1. The normalized spacial score (nSPS) is 11.6. The molecule has 0 fully saturated rings. The van der Waals surface area contributed by atoms with Crippen LogP contribution in [0.2, 0.25) is 15.1 Å². The quantitative estimate of drug-likeness (QED) is 0.574. The molecule has 9 heteroatoms. The van der Waals surface area contributed by atoms with Crippen LogP contribution in [-0.2, 0) is 0 Å². The average Bonchev–Trinajstić information content (AvgIpc) is 2.69. The maximum atomic E-state index is 13.0. The largest absolute Gasteiger partial charge is 0.496 e. The summed E-state index contributed by atoms with van der Waals surface area (Å²) in [5.41, 5.74) is 0.661. The minimum atomic E-state index is -0.884. The van der Waals surface area contributed by atoms with Crippen LogP contribution in [0.25, 0.3) is 0 Å². The van der Waals surface area contributed by atoms with Crippen molar-refractivity contribution in [3.63, 3.8) is 0 Å². The van der Waals surface area contributed by atoms with E-state index < -0.39 is 17.3 Å². The van der Waals surface area contributed by atoms with Gasteiger partial charge < -0.3 is 4.74 Å². The Bertz CT molecular complexity index is 1160. The smallest absolute Gasteiger partial charge is 0.264 e. The molecule has 1 N–H and O–H groups in total. The summed E-state index contributed by atoms with van der Waals surface area (Å²) in [6.07, 6.45) is 0. The summed E-state index contributed by atoms with van der Waals surface area (Å²) in [6, 6.07) is 12.3. The van der Waals surface area contributed by atoms with Crippen molar-refractivity contribution >= 4 is 40.6 Å². The van der Waals surface area contributed by atoms with Crippen molar-refractivity contribution in [3.05, 3.63) is 90.3 Å². The van der Waals surface area contributed by atoms with Crippen LogP contribution in [0.1, 0.15) is 33.1 Å². The topological polar surface area (TPSA) is 95.8 Å². The molecule has 146 valence electrons. The monoisotopic (exact) mass is 447 g/mol. The van der Waals surface area contributed by atoms with Gasteiger partial charge in [0, 0.05) is 22.2 Å². The maximum absolute atomic E-state index is 13.0. The lowest BCUT2D eigenvalue weighted by Crippen LogP contribution is -2.12. The van der Waals surface area contributed by atoms with Crippen molar-refractivity contribution in [2.75, 3.05) is 7.11 Å². The molecule has 29 heavy (non-hydrogen) atoms. The van der Waals surface area contributed by atoms with Gasteiger partial charge in [0.05, 0.1) is 34.5 Å². The molecule has 0 bridgehead atoms. The summed E-state index contributed by atoms with van der Waals surface area (Å²) in [5.74, 6) is -0.938. The molecule has 0 saturated carbocycles. The van der Waals surface area contributed by atoms with Gasteiger partial charge >= 0.3 is 0 Å². The Morgan fingerprint density at radius 2 is 1.83 bits per heavy atom. The summed E-state index contributed by atoms with van der Waals surface area (Å²) >= 11 is 18.2. The predicted molar refractivity (Wildman–Crippen MR) is 110 cm³/mol. The second-order valence-corrected chi connectivity index (χ2v) is 7.19. The zero-order valence-electron chi connectivity index (χ0n) is 14.9. The van der Waals surface area contributed by atoms with E-state index in [1.165, 1.54) is 37.4 Å². The van der Waals surface area contributed by atoms with Gasteiger partial charge in [-0.1, -0.05) is 34.8 Å². The summed E-state index contributed by atoms with van der Waals surface area (Å²) in [4.78, 5) is 24.3. The Morgan fingerprint density at radius 3 is 2.38 bits per heavy atom. The zero-order chi connectivity index (χ0) is 21.1. The van der Waals surface area contributed by atoms with E-state index in [2.05, 4.69) is 16.3 Å². The Kier molecular flexibility index (Phi) is 6.23. The van der Waals surface area contributed by atoms with Gasteiger partial charge in [0.2, 0.25) is 0 Å². The molecule has 0 saturated heterocycles. The standard InChI is InChI=1S/C20H12Cl3N3O3/c1-29-17-4-2-10(20(28)19-14(22)7-11(21)8-15(19)23)6-12(17)13(9-24)16-3-5-18(27)26-25-16/h2-8,13H,1H3,(H,26,27). The number of carbonyl (C=O) groups excluding carboxylic acids is 1. The number of rotatable bonds is 5. The van der Waals surface area contributed by atoms with E-state index >= 15 is 0 Å². The van der Waals surface area contributed by atoms with Gasteiger partial charge in [0.15, 0.2) is 5.78 Å². The first-order valence-electron chi connectivity index (χ1n) is 8.18. The molecular formula is C20H12Cl3N3O3. The minimum absolute atomic E-state index is 0.101. The Morgan fingerprint density at radius 1 is 1.14 bits per heavy atom. The van der Waals surface area contributed by atoms with E-state index in [0.717, 1.165) is 0 Å². The number of nitrogens with one attached hydrogen (secondary N) is 1. The van der Waals surface area contributed by atoms with Crippen LogP contribution in [-0.4, -0.2) is 23.1 Å². The predicted octanol–water partition coefficient (Wildman–Crippen LogP) is 4.63. The number of H-pyrrole nitrogens is 1.